The molecule has 1 saturated heterocycles. The highest BCUT2D eigenvalue weighted by atomic mass is 19.1. The smallest absolute Gasteiger partial charge is 0.133 e. The maximum Gasteiger partial charge on any atom is 0.133 e. The van der Waals surface area contributed by atoms with Crippen molar-refractivity contribution in [3.8, 4) is 0 Å². The Bertz CT molecular complexity index is 485. The van der Waals surface area contributed by atoms with Crippen LogP contribution in [-0.2, 0) is 9.47 Å². The molecule has 21 heavy (non-hydrogen) atoms. The minimum absolute atomic E-state index is 0.0622. The Morgan fingerprint density at radius 3 is 2.62 bits per heavy atom. The molecule has 6 heteroatoms. The molecule has 1 aliphatic heterocycles. The molecule has 1 aliphatic rings. The SMILES string of the molecule is CCOC1(C(NN)c2c(F)ccc(C)c2F)CCOCC1. The lowest BCUT2D eigenvalue weighted by Crippen LogP contribution is -2.52. The third-order valence-corrected chi connectivity index (χ3v) is 4.07. The topological polar surface area (TPSA) is 56.5 Å². The highest BCUT2D eigenvalue weighted by Crippen LogP contribution is 2.39. The van der Waals surface area contributed by atoms with Gasteiger partial charge in [-0.05, 0) is 25.5 Å². The summed E-state index contributed by atoms with van der Waals surface area (Å²) in [6.45, 7) is 4.85. The van der Waals surface area contributed by atoms with Crippen LogP contribution in [0.1, 0.15) is 36.9 Å². The van der Waals surface area contributed by atoms with Gasteiger partial charge in [-0.1, -0.05) is 6.07 Å². The average Bonchev–Trinajstić information content (AvgIpc) is 2.49. The van der Waals surface area contributed by atoms with Crippen molar-refractivity contribution in [2.24, 2.45) is 5.84 Å². The summed E-state index contributed by atoms with van der Waals surface area (Å²) in [7, 11) is 0. The van der Waals surface area contributed by atoms with Gasteiger partial charge >= 0.3 is 0 Å². The fraction of sp³-hybridized carbons (Fsp3) is 0.600. The first-order chi connectivity index (χ1) is 10.1. The van der Waals surface area contributed by atoms with E-state index in [0.717, 1.165) is 0 Å². The van der Waals surface area contributed by atoms with Gasteiger partial charge in [0.05, 0.1) is 11.6 Å². The van der Waals surface area contributed by atoms with Gasteiger partial charge in [0.2, 0.25) is 0 Å². The zero-order valence-corrected chi connectivity index (χ0v) is 12.4. The van der Waals surface area contributed by atoms with Gasteiger partial charge in [0.1, 0.15) is 11.6 Å². The van der Waals surface area contributed by atoms with Gasteiger partial charge in [-0.15, -0.1) is 0 Å². The first-order valence-corrected chi connectivity index (χ1v) is 7.18. The number of ether oxygens (including phenoxy) is 2. The summed E-state index contributed by atoms with van der Waals surface area (Å²) in [5.41, 5.74) is 2.11. The van der Waals surface area contributed by atoms with Crippen LogP contribution in [0, 0.1) is 18.6 Å². The predicted molar refractivity (Wildman–Crippen MR) is 75.6 cm³/mol. The molecule has 118 valence electrons. The van der Waals surface area contributed by atoms with E-state index in [-0.39, 0.29) is 5.56 Å². The number of aryl methyl sites for hydroxylation is 1. The lowest BCUT2D eigenvalue weighted by atomic mass is 9.81. The molecule has 4 nitrogen and oxygen atoms in total. The fourth-order valence-corrected chi connectivity index (χ4v) is 2.96. The lowest BCUT2D eigenvalue weighted by molar-refractivity contribution is -0.129. The van der Waals surface area contributed by atoms with E-state index in [2.05, 4.69) is 5.43 Å². The predicted octanol–water partition coefficient (Wildman–Crippen LogP) is 2.36. The average molecular weight is 300 g/mol. The van der Waals surface area contributed by atoms with E-state index >= 15 is 0 Å². The molecule has 0 bridgehead atoms. The van der Waals surface area contributed by atoms with E-state index in [0.29, 0.717) is 38.2 Å². The molecule has 0 amide bonds. The van der Waals surface area contributed by atoms with Gasteiger partial charge < -0.3 is 9.47 Å². The lowest BCUT2D eigenvalue weighted by Gasteiger charge is -2.43. The maximum atomic E-state index is 14.4. The van der Waals surface area contributed by atoms with E-state index < -0.39 is 23.3 Å². The van der Waals surface area contributed by atoms with Crippen molar-refractivity contribution in [1.82, 2.24) is 5.43 Å². The first-order valence-electron chi connectivity index (χ1n) is 7.18. The molecule has 1 unspecified atom stereocenters. The van der Waals surface area contributed by atoms with Gasteiger partial charge in [0, 0.05) is 38.2 Å². The Hall–Kier alpha value is -1.08. The summed E-state index contributed by atoms with van der Waals surface area (Å²) in [6, 6.07) is 1.91. The molecule has 1 aromatic rings. The van der Waals surface area contributed by atoms with Crippen LogP contribution in [0.5, 0.6) is 0 Å². The molecule has 0 spiro atoms. The number of rotatable bonds is 5. The van der Waals surface area contributed by atoms with Crippen molar-refractivity contribution in [1.29, 1.82) is 0 Å². The van der Waals surface area contributed by atoms with Crippen molar-refractivity contribution >= 4 is 0 Å². The number of hydrogen-bond acceptors (Lipinski definition) is 4. The monoisotopic (exact) mass is 300 g/mol. The first kappa shape index (κ1) is 16.3. The molecule has 2 rings (SSSR count). The van der Waals surface area contributed by atoms with Crippen LogP contribution in [0.2, 0.25) is 0 Å². The molecular weight excluding hydrogens is 278 g/mol. The zero-order valence-electron chi connectivity index (χ0n) is 12.4. The van der Waals surface area contributed by atoms with E-state index in [1.54, 1.807) is 6.92 Å². The molecule has 1 atom stereocenters. The Morgan fingerprint density at radius 1 is 1.38 bits per heavy atom. The van der Waals surface area contributed by atoms with Gasteiger partial charge in [-0.25, -0.2) is 14.2 Å². The van der Waals surface area contributed by atoms with E-state index in [1.807, 2.05) is 6.92 Å². The minimum atomic E-state index is -0.767. The molecule has 0 radical (unpaired) electrons. The molecule has 0 aromatic heterocycles. The Kier molecular flexibility index (Phi) is 5.27. The summed E-state index contributed by atoms with van der Waals surface area (Å²) in [5, 5.41) is 0. The Labute approximate surface area is 123 Å². The number of nitrogens with two attached hydrogens (primary N) is 1. The van der Waals surface area contributed by atoms with Crippen LogP contribution in [0.4, 0.5) is 8.78 Å². The summed E-state index contributed by atoms with van der Waals surface area (Å²) in [4.78, 5) is 0. The van der Waals surface area contributed by atoms with Gasteiger partial charge in [0.15, 0.2) is 0 Å². The normalized spacial score (nSPS) is 19.5. The minimum Gasteiger partial charge on any atom is -0.381 e. The van der Waals surface area contributed by atoms with Gasteiger partial charge in [-0.3, -0.25) is 5.84 Å². The maximum absolute atomic E-state index is 14.4. The quantitative estimate of drug-likeness (QED) is 0.647. The zero-order chi connectivity index (χ0) is 15.5. The molecule has 0 saturated carbocycles. The summed E-state index contributed by atoms with van der Waals surface area (Å²) in [6.07, 6.45) is 1.06. The molecule has 1 fully saturated rings. The number of hydrazine groups is 1. The third-order valence-electron chi connectivity index (χ3n) is 4.07. The molecular formula is C15H22F2N2O2. The highest BCUT2D eigenvalue weighted by molar-refractivity contribution is 5.31. The second-order valence-corrected chi connectivity index (χ2v) is 5.30. The van der Waals surface area contributed by atoms with E-state index in [4.69, 9.17) is 15.3 Å². The van der Waals surface area contributed by atoms with Crippen molar-refractivity contribution in [2.75, 3.05) is 19.8 Å². The van der Waals surface area contributed by atoms with Gasteiger partial charge in [0.25, 0.3) is 0 Å². The molecule has 0 aliphatic carbocycles. The van der Waals surface area contributed by atoms with E-state index in [1.165, 1.54) is 12.1 Å². The third kappa shape index (κ3) is 3.08. The fourth-order valence-electron chi connectivity index (χ4n) is 2.96. The number of halogens is 2. The summed E-state index contributed by atoms with van der Waals surface area (Å²) >= 11 is 0. The molecule has 1 heterocycles. The summed E-state index contributed by atoms with van der Waals surface area (Å²) in [5.74, 6) is 4.44. The number of hydrogen-bond donors (Lipinski definition) is 2. The highest BCUT2D eigenvalue weighted by Gasteiger charge is 2.44. The van der Waals surface area contributed by atoms with Crippen molar-refractivity contribution in [3.63, 3.8) is 0 Å². The van der Waals surface area contributed by atoms with Crippen LogP contribution < -0.4 is 11.3 Å². The van der Waals surface area contributed by atoms with Crippen LogP contribution in [0.25, 0.3) is 0 Å². The Balaban J connectivity index is 2.48. The van der Waals surface area contributed by atoms with Crippen LogP contribution >= 0.6 is 0 Å². The second-order valence-electron chi connectivity index (χ2n) is 5.30. The standard InChI is InChI=1S/C15H22F2N2O2/c1-3-21-15(6-8-20-9-7-15)14(19-18)12-11(16)5-4-10(2)13(12)17/h4-5,14,19H,3,6-9,18H2,1-2H3. The molecule has 1 aromatic carbocycles. The second kappa shape index (κ2) is 6.79. The van der Waals surface area contributed by atoms with E-state index in [9.17, 15) is 8.78 Å². The number of benzene rings is 1. The van der Waals surface area contributed by atoms with Crippen LogP contribution in [0.3, 0.4) is 0 Å². The number of nitrogens with one attached hydrogen (secondary N) is 1. The van der Waals surface area contributed by atoms with Gasteiger partial charge in [-0.2, -0.15) is 0 Å². The molecule has 3 N–H and O–H groups in total. The largest absolute Gasteiger partial charge is 0.381 e. The van der Waals surface area contributed by atoms with Crippen molar-refractivity contribution in [3.05, 3.63) is 34.9 Å². The van der Waals surface area contributed by atoms with Crippen LogP contribution in [-0.4, -0.2) is 25.4 Å². The Morgan fingerprint density at radius 2 is 2.05 bits per heavy atom. The summed E-state index contributed by atoms with van der Waals surface area (Å²) < 4.78 is 39.9. The van der Waals surface area contributed by atoms with Crippen molar-refractivity contribution in [2.45, 2.75) is 38.3 Å². The van der Waals surface area contributed by atoms with Crippen LogP contribution in [0.15, 0.2) is 12.1 Å². The van der Waals surface area contributed by atoms with Crippen molar-refractivity contribution < 1.29 is 18.3 Å².